The van der Waals surface area contributed by atoms with Crippen LogP contribution >= 0.6 is 8.03 Å². The molecule has 3 aromatic rings. The first-order valence-electron chi connectivity index (χ1n) is 13.3. The Labute approximate surface area is 235 Å². The molecule has 2 aliphatic rings. The smallest absolute Gasteiger partial charge is 0.393 e. The molecule has 9 nitrogen and oxygen atoms in total. The van der Waals surface area contributed by atoms with Gasteiger partial charge in [0.1, 0.15) is 11.4 Å². The lowest BCUT2D eigenvalue weighted by Crippen LogP contribution is -2.18. The first-order chi connectivity index (χ1) is 19.5. The number of anilines is 4. The van der Waals surface area contributed by atoms with Gasteiger partial charge < -0.3 is 20.6 Å². The molecular weight excluding hydrogens is 558 g/mol. The summed E-state index contributed by atoms with van der Waals surface area (Å²) in [6.45, 7) is 0.353. The molecule has 0 radical (unpaired) electrons. The molecule has 2 heterocycles. The molecule has 0 spiro atoms. The van der Waals surface area contributed by atoms with Crippen molar-refractivity contribution in [2.45, 2.75) is 56.8 Å². The zero-order valence-corrected chi connectivity index (χ0v) is 23.2. The molecule has 1 aliphatic heterocycles. The highest BCUT2D eigenvalue weighted by atomic mass is 31.1. The van der Waals surface area contributed by atoms with Gasteiger partial charge in [0.05, 0.1) is 17.4 Å². The third-order valence-corrected chi connectivity index (χ3v) is 8.20. The van der Waals surface area contributed by atoms with Crippen LogP contribution in [0.5, 0.6) is 0 Å². The molecule has 1 aliphatic carbocycles. The van der Waals surface area contributed by atoms with Crippen LogP contribution < -0.4 is 10.6 Å². The van der Waals surface area contributed by atoms with Crippen molar-refractivity contribution in [3.63, 3.8) is 0 Å². The molecular formula is C28H30F3N5O4P+. The first kappa shape index (κ1) is 28.9. The third-order valence-electron chi connectivity index (χ3n) is 7.59. The summed E-state index contributed by atoms with van der Waals surface area (Å²) in [5, 5.41) is 15.6. The maximum atomic E-state index is 14.0. The monoisotopic (exact) mass is 588 g/mol. The number of halogens is 3. The molecule has 0 bridgehead atoms. The number of amides is 1. The van der Waals surface area contributed by atoms with Crippen molar-refractivity contribution in [1.29, 1.82) is 0 Å². The van der Waals surface area contributed by atoms with E-state index in [-0.39, 0.29) is 35.7 Å². The van der Waals surface area contributed by atoms with Gasteiger partial charge in [-0.3, -0.25) is 4.79 Å². The van der Waals surface area contributed by atoms with Gasteiger partial charge in [-0.25, -0.2) is 4.98 Å². The van der Waals surface area contributed by atoms with E-state index in [0.29, 0.717) is 43.3 Å². The number of carbonyl (C=O) groups excluding carboxylic acids is 1. The second-order valence-corrected chi connectivity index (χ2v) is 11.6. The fourth-order valence-corrected chi connectivity index (χ4v) is 5.88. The zero-order chi connectivity index (χ0) is 29.3. The van der Waals surface area contributed by atoms with Gasteiger partial charge in [0.2, 0.25) is 5.95 Å². The van der Waals surface area contributed by atoms with Crippen LogP contribution in [0.1, 0.15) is 64.2 Å². The van der Waals surface area contributed by atoms with Crippen LogP contribution in [0.15, 0.2) is 42.6 Å². The average Bonchev–Trinajstić information content (AvgIpc) is 3.23. The Balaban J connectivity index is 1.45. The minimum absolute atomic E-state index is 0.0795. The number of carbonyl (C=O) groups is 1. The van der Waals surface area contributed by atoms with Crippen LogP contribution in [0.2, 0.25) is 0 Å². The molecule has 5 rings (SSSR count). The van der Waals surface area contributed by atoms with Crippen LogP contribution in [0.3, 0.4) is 0 Å². The minimum Gasteiger partial charge on any atom is -0.393 e. The lowest BCUT2D eigenvalue weighted by Gasteiger charge is -2.27. The zero-order valence-electron chi connectivity index (χ0n) is 22.3. The largest absolute Gasteiger partial charge is 0.505 e. The lowest BCUT2D eigenvalue weighted by molar-refractivity contribution is -0.137. The molecule has 1 saturated carbocycles. The normalized spacial score (nSPS) is 19.2. The highest BCUT2D eigenvalue weighted by molar-refractivity contribution is 7.37. The fourth-order valence-electron chi connectivity index (χ4n) is 5.43. The first-order valence-corrected chi connectivity index (χ1v) is 14.7. The van der Waals surface area contributed by atoms with E-state index in [9.17, 15) is 27.6 Å². The summed E-state index contributed by atoms with van der Waals surface area (Å²) in [5.74, 6) is -0.688. The minimum atomic E-state index is -4.75. The number of rotatable bonds is 8. The van der Waals surface area contributed by atoms with E-state index in [2.05, 4.69) is 20.6 Å². The van der Waals surface area contributed by atoms with Gasteiger partial charge in [-0.15, -0.1) is 0 Å². The van der Waals surface area contributed by atoms with Gasteiger partial charge in [0.15, 0.2) is 6.16 Å². The van der Waals surface area contributed by atoms with Crippen molar-refractivity contribution in [3.8, 4) is 0 Å². The van der Waals surface area contributed by atoms with E-state index < -0.39 is 25.6 Å². The summed E-state index contributed by atoms with van der Waals surface area (Å²) >= 11 is 0. The van der Waals surface area contributed by atoms with E-state index >= 15 is 0 Å². The van der Waals surface area contributed by atoms with E-state index in [0.717, 1.165) is 29.5 Å². The van der Waals surface area contributed by atoms with Crippen molar-refractivity contribution < 1.29 is 32.5 Å². The van der Waals surface area contributed by atoms with Crippen LogP contribution in [-0.4, -0.2) is 50.1 Å². The molecule has 1 amide bonds. The Kier molecular flexibility index (Phi) is 8.26. The second-order valence-electron chi connectivity index (χ2n) is 10.4. The number of nitrogens with one attached hydrogen (secondary N) is 2. The maximum absolute atomic E-state index is 14.0. The van der Waals surface area contributed by atoms with Crippen molar-refractivity contribution >= 4 is 37.1 Å². The molecule has 13 heteroatoms. The molecule has 1 aromatic heterocycles. The van der Waals surface area contributed by atoms with Crippen LogP contribution in [0, 0.1) is 0 Å². The number of fused-ring (bicyclic) bond motifs is 1. The van der Waals surface area contributed by atoms with Crippen LogP contribution in [0.25, 0.3) is 0 Å². The fraction of sp³-hybridized carbons (Fsp3) is 0.393. The predicted molar refractivity (Wildman–Crippen MR) is 148 cm³/mol. The Morgan fingerprint density at radius 2 is 1.78 bits per heavy atom. The number of aryl methyl sites for hydroxylation is 1. The van der Waals surface area contributed by atoms with Gasteiger partial charge in [-0.2, -0.15) is 23.0 Å². The number of aliphatic hydroxyl groups is 1. The van der Waals surface area contributed by atoms with Gasteiger partial charge >= 0.3 is 14.2 Å². The Bertz CT molecular complexity index is 1460. The molecule has 0 saturated heterocycles. The number of aliphatic hydroxyl groups excluding tert-OH is 1. The van der Waals surface area contributed by atoms with Crippen LogP contribution in [0.4, 0.5) is 36.3 Å². The van der Waals surface area contributed by atoms with E-state index in [1.807, 2.05) is 6.07 Å². The quantitative estimate of drug-likeness (QED) is 0.241. The summed E-state index contributed by atoms with van der Waals surface area (Å²) in [6, 6.07) is 10.3. The highest BCUT2D eigenvalue weighted by Gasteiger charge is 2.37. The molecule has 2 aromatic carbocycles. The maximum Gasteiger partial charge on any atom is 0.505 e. The van der Waals surface area contributed by atoms with Gasteiger partial charge in [-0.05, 0) is 71.1 Å². The van der Waals surface area contributed by atoms with E-state index in [1.54, 1.807) is 37.4 Å². The molecule has 1 atom stereocenters. The topological polar surface area (TPSA) is 128 Å². The molecule has 4 N–H and O–H groups in total. The van der Waals surface area contributed by atoms with Gasteiger partial charge in [0.25, 0.3) is 5.91 Å². The molecule has 41 heavy (non-hydrogen) atoms. The number of aromatic nitrogens is 2. The summed E-state index contributed by atoms with van der Waals surface area (Å²) in [4.78, 5) is 31.7. The predicted octanol–water partition coefficient (Wildman–Crippen LogP) is 5.86. The van der Waals surface area contributed by atoms with Gasteiger partial charge in [-0.1, -0.05) is 18.2 Å². The van der Waals surface area contributed by atoms with Crippen molar-refractivity contribution in [3.05, 3.63) is 70.4 Å². The lowest BCUT2D eigenvalue weighted by atomic mass is 9.80. The number of hydrogen-bond acceptors (Lipinski definition) is 7. The van der Waals surface area contributed by atoms with E-state index in [1.165, 1.54) is 4.90 Å². The van der Waals surface area contributed by atoms with Gasteiger partial charge in [0, 0.05) is 31.9 Å². The van der Waals surface area contributed by atoms with Crippen molar-refractivity contribution in [2.24, 2.45) is 0 Å². The van der Waals surface area contributed by atoms with Crippen molar-refractivity contribution in [2.75, 3.05) is 23.8 Å². The number of nitrogens with zero attached hydrogens (tertiary/aromatic N) is 3. The molecule has 216 valence electrons. The Hall–Kier alpha value is -3.60. The number of hydrogen-bond donors (Lipinski definition) is 4. The third kappa shape index (κ3) is 6.50. The summed E-state index contributed by atoms with van der Waals surface area (Å²) < 4.78 is 52.8. The SMILES string of the molecule is CN1Cc2c(C3CCC(O)CC3)ccc(Nc3nc(Nc4ccc(CC[P+](=O)O)cc4)ncc3C(F)(F)F)c2C1=O. The molecule has 1 unspecified atom stereocenters. The Morgan fingerprint density at radius 1 is 1.07 bits per heavy atom. The number of benzene rings is 2. The summed E-state index contributed by atoms with van der Waals surface area (Å²) in [7, 11) is -0.585. The highest BCUT2D eigenvalue weighted by Crippen LogP contribution is 2.42. The van der Waals surface area contributed by atoms with Crippen LogP contribution in [-0.2, 0) is 23.7 Å². The van der Waals surface area contributed by atoms with Crippen molar-refractivity contribution in [1.82, 2.24) is 14.9 Å². The summed E-state index contributed by atoms with van der Waals surface area (Å²) in [6.07, 6.45) is -0.948. The standard InChI is InChI=1S/C28H29F3N5O4P/c1-36-15-21-20(17-4-8-19(37)9-5-17)10-11-23(24(21)26(36)38)34-25-22(28(29,30)31)14-32-27(35-25)33-18-6-2-16(3-7-18)12-13-41(39)40/h2-3,6-7,10-11,14,17,19,37H,4-5,8-9,12-13,15H2,1H3,(H2-,32,33,34,35,38,39,40)/p+1. The van der Waals surface area contributed by atoms with E-state index in [4.69, 9.17) is 4.89 Å². The molecule has 1 fully saturated rings. The Morgan fingerprint density at radius 3 is 2.44 bits per heavy atom. The summed E-state index contributed by atoms with van der Waals surface area (Å²) in [5.41, 5.74) is 2.62. The number of alkyl halides is 3. The average molecular weight is 589 g/mol. The second kappa shape index (κ2) is 11.7.